The smallest absolute Gasteiger partial charge is 0.248 e. The number of amides is 1. The van der Waals surface area contributed by atoms with Crippen molar-refractivity contribution < 1.29 is 9.53 Å². The molecule has 32 heavy (non-hydrogen) atoms. The Hall–Kier alpha value is -2.53. The largest absolute Gasteiger partial charge is 0.496 e. The maximum atomic E-state index is 12.1. The first-order valence-corrected chi connectivity index (χ1v) is 12.2. The summed E-state index contributed by atoms with van der Waals surface area (Å²) >= 11 is 0. The molecule has 1 aliphatic carbocycles. The number of nitrogens with one attached hydrogen (secondary N) is 1. The molecule has 0 saturated carbocycles. The second-order valence-electron chi connectivity index (χ2n) is 9.62. The fourth-order valence-electron chi connectivity index (χ4n) is 6.26. The molecule has 1 fully saturated rings. The van der Waals surface area contributed by atoms with Crippen molar-refractivity contribution in [3.05, 3.63) is 57.1 Å². The lowest BCUT2D eigenvalue weighted by Gasteiger charge is -2.39. The van der Waals surface area contributed by atoms with Gasteiger partial charge in [0.1, 0.15) is 5.75 Å². The second-order valence-corrected chi connectivity index (χ2v) is 9.62. The van der Waals surface area contributed by atoms with Crippen LogP contribution >= 0.6 is 0 Å². The third kappa shape index (κ3) is 3.66. The van der Waals surface area contributed by atoms with Gasteiger partial charge in [0, 0.05) is 35.9 Å². The van der Waals surface area contributed by atoms with Crippen LogP contribution in [0.1, 0.15) is 81.9 Å². The Morgan fingerprint density at radius 3 is 2.72 bits per heavy atom. The van der Waals surface area contributed by atoms with Gasteiger partial charge in [-0.1, -0.05) is 12.5 Å². The summed E-state index contributed by atoms with van der Waals surface area (Å²) in [5.74, 6) is 0.725. The number of carbonyl (C=O) groups is 1. The molecule has 1 unspecified atom stereocenters. The number of nitrogens with two attached hydrogens (primary N) is 1. The molecule has 170 valence electrons. The molecule has 0 bridgehead atoms. The Labute approximate surface area is 191 Å². The molecule has 0 radical (unpaired) electrons. The van der Waals surface area contributed by atoms with E-state index in [1.165, 1.54) is 58.3 Å². The van der Waals surface area contributed by atoms with Crippen molar-refractivity contribution >= 4 is 11.6 Å². The normalized spacial score (nSPS) is 20.4. The van der Waals surface area contributed by atoms with Crippen molar-refractivity contribution in [1.82, 2.24) is 4.90 Å². The fraction of sp³-hybridized carbons (Fsp3) is 0.519. The first kappa shape index (κ1) is 21.3. The molecular formula is C27H35N3O2. The molecule has 5 nitrogen and oxygen atoms in total. The number of anilines is 1. The zero-order chi connectivity index (χ0) is 22.2. The summed E-state index contributed by atoms with van der Waals surface area (Å²) in [4.78, 5) is 14.7. The lowest BCUT2D eigenvalue weighted by atomic mass is 9.81. The molecular weight excluding hydrogens is 398 g/mol. The van der Waals surface area contributed by atoms with Crippen LogP contribution in [0.4, 0.5) is 5.69 Å². The van der Waals surface area contributed by atoms with Crippen LogP contribution in [0.5, 0.6) is 5.75 Å². The summed E-state index contributed by atoms with van der Waals surface area (Å²) in [6, 6.07) is 6.76. The van der Waals surface area contributed by atoms with Crippen LogP contribution in [0.25, 0.3) is 0 Å². The van der Waals surface area contributed by atoms with Crippen molar-refractivity contribution in [2.75, 3.05) is 25.5 Å². The van der Waals surface area contributed by atoms with Gasteiger partial charge in [0.15, 0.2) is 0 Å². The van der Waals surface area contributed by atoms with Crippen molar-refractivity contribution in [1.29, 1.82) is 0 Å². The summed E-state index contributed by atoms with van der Waals surface area (Å²) in [5, 5.41) is 3.58. The molecule has 0 spiro atoms. The van der Waals surface area contributed by atoms with Crippen LogP contribution in [0.3, 0.4) is 0 Å². The summed E-state index contributed by atoms with van der Waals surface area (Å²) in [6.45, 7) is 5.17. The second kappa shape index (κ2) is 8.78. The first-order valence-electron chi connectivity index (χ1n) is 12.2. The van der Waals surface area contributed by atoms with Gasteiger partial charge in [-0.05, 0) is 98.4 Å². The van der Waals surface area contributed by atoms with E-state index < -0.39 is 0 Å². The minimum atomic E-state index is -0.289. The molecule has 0 aromatic heterocycles. The SMILES string of the molecule is COc1cc(C)c2c(c1CN1CCCCC1c1ccc(C(N)=O)c3c1CCCC3)CCN2. The van der Waals surface area contributed by atoms with Crippen LogP contribution in [0, 0.1) is 6.92 Å². The molecule has 1 amide bonds. The zero-order valence-corrected chi connectivity index (χ0v) is 19.4. The number of carbonyl (C=O) groups excluding carboxylic acids is 1. The van der Waals surface area contributed by atoms with Gasteiger partial charge in [0.05, 0.1) is 7.11 Å². The van der Waals surface area contributed by atoms with Gasteiger partial charge < -0.3 is 15.8 Å². The van der Waals surface area contributed by atoms with E-state index in [-0.39, 0.29) is 5.91 Å². The summed E-state index contributed by atoms with van der Waals surface area (Å²) in [5.41, 5.74) is 15.8. The van der Waals surface area contributed by atoms with E-state index in [0.717, 1.165) is 63.1 Å². The molecule has 2 heterocycles. The zero-order valence-electron chi connectivity index (χ0n) is 19.4. The molecule has 1 saturated heterocycles. The molecule has 5 heteroatoms. The van der Waals surface area contributed by atoms with Gasteiger partial charge >= 0.3 is 0 Å². The van der Waals surface area contributed by atoms with Crippen LogP contribution < -0.4 is 15.8 Å². The first-order chi connectivity index (χ1) is 15.6. The van der Waals surface area contributed by atoms with Crippen molar-refractivity contribution in [3.63, 3.8) is 0 Å². The predicted octanol–water partition coefficient (Wildman–Crippen LogP) is 4.68. The van der Waals surface area contributed by atoms with Crippen LogP contribution in [0.15, 0.2) is 18.2 Å². The number of methoxy groups -OCH3 is 1. The molecule has 2 aromatic carbocycles. The summed E-state index contributed by atoms with van der Waals surface area (Å²) in [7, 11) is 1.79. The standard InChI is InChI=1S/C27H35N3O2/c1-17-15-25(32-2)23(21-12-13-29-26(17)21)16-30-14-6-5-9-24(30)20-10-11-22(27(28)31)19-8-4-3-7-18(19)20/h10-11,15,24,29H,3-9,12-14,16H2,1-2H3,(H2,28,31). The van der Waals surface area contributed by atoms with Gasteiger partial charge in [-0.15, -0.1) is 0 Å². The number of hydrogen-bond acceptors (Lipinski definition) is 4. The number of fused-ring (bicyclic) bond motifs is 2. The topological polar surface area (TPSA) is 67.6 Å². The minimum absolute atomic E-state index is 0.289. The molecule has 2 aromatic rings. The minimum Gasteiger partial charge on any atom is -0.496 e. The Morgan fingerprint density at radius 1 is 1.12 bits per heavy atom. The van der Waals surface area contributed by atoms with Crippen molar-refractivity contribution in [2.24, 2.45) is 5.73 Å². The number of hydrogen-bond donors (Lipinski definition) is 2. The maximum Gasteiger partial charge on any atom is 0.248 e. The number of nitrogens with zero attached hydrogens (tertiary/aromatic N) is 1. The highest BCUT2D eigenvalue weighted by molar-refractivity contribution is 5.95. The average molecular weight is 434 g/mol. The lowest BCUT2D eigenvalue weighted by Crippen LogP contribution is -2.34. The number of primary amides is 1. The fourth-order valence-corrected chi connectivity index (χ4v) is 6.26. The predicted molar refractivity (Wildman–Crippen MR) is 129 cm³/mol. The van der Waals surface area contributed by atoms with Crippen LogP contribution in [-0.4, -0.2) is 31.0 Å². The number of ether oxygens (including phenoxy) is 1. The molecule has 1 atom stereocenters. The number of piperidine rings is 1. The Bertz CT molecular complexity index is 1050. The van der Waals surface area contributed by atoms with E-state index in [9.17, 15) is 4.79 Å². The highest BCUT2D eigenvalue weighted by Gasteiger charge is 2.31. The maximum absolute atomic E-state index is 12.1. The van der Waals surface area contributed by atoms with Crippen molar-refractivity contribution in [3.8, 4) is 5.75 Å². The van der Waals surface area contributed by atoms with Gasteiger partial charge in [-0.25, -0.2) is 0 Å². The third-order valence-corrected chi connectivity index (χ3v) is 7.77. The summed E-state index contributed by atoms with van der Waals surface area (Å²) in [6.07, 6.45) is 9.07. The van der Waals surface area contributed by atoms with Crippen molar-refractivity contribution in [2.45, 2.75) is 70.9 Å². The monoisotopic (exact) mass is 433 g/mol. The highest BCUT2D eigenvalue weighted by atomic mass is 16.5. The van der Waals surface area contributed by atoms with Crippen LogP contribution in [-0.2, 0) is 25.8 Å². The van der Waals surface area contributed by atoms with Gasteiger partial charge in [-0.2, -0.15) is 0 Å². The van der Waals surface area contributed by atoms with E-state index in [2.05, 4.69) is 29.3 Å². The molecule has 3 N–H and O–H groups in total. The third-order valence-electron chi connectivity index (χ3n) is 7.77. The van der Waals surface area contributed by atoms with E-state index in [1.807, 2.05) is 6.07 Å². The van der Waals surface area contributed by atoms with Gasteiger partial charge in [0.25, 0.3) is 0 Å². The van der Waals surface area contributed by atoms with E-state index >= 15 is 0 Å². The van der Waals surface area contributed by atoms with Gasteiger partial charge in [0.2, 0.25) is 5.91 Å². The number of aryl methyl sites for hydroxylation is 1. The Morgan fingerprint density at radius 2 is 1.94 bits per heavy atom. The number of rotatable bonds is 5. The summed E-state index contributed by atoms with van der Waals surface area (Å²) < 4.78 is 5.86. The number of benzene rings is 2. The Kier molecular flexibility index (Phi) is 5.85. The average Bonchev–Trinajstić information content (AvgIpc) is 3.31. The van der Waals surface area contributed by atoms with E-state index in [0.29, 0.717) is 6.04 Å². The van der Waals surface area contributed by atoms with Crippen LogP contribution in [0.2, 0.25) is 0 Å². The lowest BCUT2D eigenvalue weighted by molar-refractivity contribution is 0.0998. The van der Waals surface area contributed by atoms with Gasteiger partial charge in [-0.3, -0.25) is 9.69 Å². The number of likely N-dealkylation sites (tertiary alicyclic amines) is 1. The quantitative estimate of drug-likeness (QED) is 0.719. The molecule has 5 rings (SSSR count). The molecule has 2 aliphatic heterocycles. The van der Waals surface area contributed by atoms with E-state index in [4.69, 9.17) is 10.5 Å². The molecule has 3 aliphatic rings. The highest BCUT2D eigenvalue weighted by Crippen LogP contribution is 2.41. The van der Waals surface area contributed by atoms with E-state index in [1.54, 1.807) is 7.11 Å². The Balaban J connectivity index is 1.53.